The fourth-order valence-electron chi connectivity index (χ4n) is 3.05. The van der Waals surface area contributed by atoms with Crippen LogP contribution in [0.4, 0.5) is 4.79 Å². The van der Waals surface area contributed by atoms with Gasteiger partial charge in [-0.1, -0.05) is 0 Å². The lowest BCUT2D eigenvalue weighted by molar-refractivity contribution is 0.155. The van der Waals surface area contributed by atoms with Crippen LogP contribution >= 0.6 is 0 Å². The number of nitrogens with one attached hydrogen (secondary N) is 1. The molecule has 2 amide bonds. The van der Waals surface area contributed by atoms with Gasteiger partial charge in [0, 0.05) is 19.7 Å². The van der Waals surface area contributed by atoms with Crippen LogP contribution in [-0.2, 0) is 17.9 Å². The highest BCUT2D eigenvalue weighted by Gasteiger charge is 2.32. The molecule has 3 heterocycles. The maximum Gasteiger partial charge on any atom is 0.318 e. The van der Waals surface area contributed by atoms with Gasteiger partial charge < -0.3 is 19.4 Å². The standard InChI is InChI=1S/C16H23N5O3/c1-12(8-20-11-17-10-18-20)19-16(22)21-7-3-4-14(21)15-6-5-13(24-15)9-23-2/h5-6,10-12,14H,3-4,7-9H2,1-2H3,(H,19,22). The van der Waals surface area contributed by atoms with E-state index in [9.17, 15) is 4.79 Å². The number of carbonyl (C=O) groups excluding carboxylic acids is 1. The lowest BCUT2D eigenvalue weighted by Gasteiger charge is -2.25. The van der Waals surface area contributed by atoms with Crippen molar-refractivity contribution in [1.82, 2.24) is 25.0 Å². The molecule has 1 aliphatic heterocycles. The summed E-state index contributed by atoms with van der Waals surface area (Å²) in [5.74, 6) is 1.60. The number of amides is 2. The van der Waals surface area contributed by atoms with Crippen molar-refractivity contribution in [3.8, 4) is 0 Å². The van der Waals surface area contributed by atoms with E-state index in [4.69, 9.17) is 9.15 Å². The molecule has 1 aliphatic rings. The van der Waals surface area contributed by atoms with Gasteiger partial charge in [0.05, 0.1) is 12.6 Å². The fourth-order valence-corrected chi connectivity index (χ4v) is 3.05. The van der Waals surface area contributed by atoms with Crippen molar-refractivity contribution in [1.29, 1.82) is 0 Å². The first kappa shape index (κ1) is 16.5. The van der Waals surface area contributed by atoms with E-state index >= 15 is 0 Å². The number of hydrogen-bond donors (Lipinski definition) is 1. The molecule has 1 saturated heterocycles. The Bertz CT molecular complexity index is 654. The van der Waals surface area contributed by atoms with Gasteiger partial charge in [0.1, 0.15) is 30.8 Å². The van der Waals surface area contributed by atoms with Gasteiger partial charge in [0.15, 0.2) is 0 Å². The highest BCUT2D eigenvalue weighted by atomic mass is 16.5. The number of nitrogens with zero attached hydrogens (tertiary/aromatic N) is 4. The molecule has 130 valence electrons. The number of rotatable bonds is 6. The average Bonchev–Trinajstić information content (AvgIpc) is 3.28. The summed E-state index contributed by atoms with van der Waals surface area (Å²) in [7, 11) is 1.63. The molecule has 24 heavy (non-hydrogen) atoms. The van der Waals surface area contributed by atoms with Crippen LogP contribution in [0, 0.1) is 0 Å². The summed E-state index contributed by atoms with van der Waals surface area (Å²) in [5, 5.41) is 7.08. The van der Waals surface area contributed by atoms with Crippen molar-refractivity contribution in [2.24, 2.45) is 0 Å². The minimum atomic E-state index is -0.0743. The zero-order valence-electron chi connectivity index (χ0n) is 14.0. The molecule has 0 saturated carbocycles. The third kappa shape index (κ3) is 3.76. The Hall–Kier alpha value is -2.35. The summed E-state index contributed by atoms with van der Waals surface area (Å²) in [6, 6.07) is 3.70. The largest absolute Gasteiger partial charge is 0.461 e. The van der Waals surface area contributed by atoms with E-state index in [-0.39, 0.29) is 18.1 Å². The third-order valence-electron chi connectivity index (χ3n) is 4.11. The SMILES string of the molecule is COCc1ccc(C2CCCN2C(=O)NC(C)Cn2cncn2)o1. The molecule has 0 radical (unpaired) electrons. The second-order valence-corrected chi connectivity index (χ2v) is 6.06. The predicted octanol–water partition coefficient (Wildman–Crippen LogP) is 1.95. The van der Waals surface area contributed by atoms with Crippen LogP contribution in [0.5, 0.6) is 0 Å². The van der Waals surface area contributed by atoms with E-state index < -0.39 is 0 Å². The summed E-state index contributed by atoms with van der Waals surface area (Å²) in [6.07, 6.45) is 5.00. The molecule has 2 atom stereocenters. The highest BCUT2D eigenvalue weighted by Crippen LogP contribution is 2.33. The quantitative estimate of drug-likeness (QED) is 0.873. The molecule has 1 N–H and O–H groups in total. The topological polar surface area (TPSA) is 85.4 Å². The van der Waals surface area contributed by atoms with Crippen molar-refractivity contribution in [3.63, 3.8) is 0 Å². The summed E-state index contributed by atoms with van der Waals surface area (Å²) >= 11 is 0. The van der Waals surface area contributed by atoms with Gasteiger partial charge in [0.25, 0.3) is 0 Å². The van der Waals surface area contributed by atoms with Crippen LogP contribution in [-0.4, -0.2) is 45.4 Å². The third-order valence-corrected chi connectivity index (χ3v) is 4.11. The molecule has 3 rings (SSSR count). The summed E-state index contributed by atoms with van der Waals surface area (Å²) in [6.45, 7) is 3.71. The van der Waals surface area contributed by atoms with Crippen LogP contribution in [0.3, 0.4) is 0 Å². The normalized spacial score (nSPS) is 18.8. The van der Waals surface area contributed by atoms with Gasteiger partial charge in [-0.05, 0) is 31.9 Å². The lowest BCUT2D eigenvalue weighted by Crippen LogP contribution is -2.44. The zero-order chi connectivity index (χ0) is 16.9. The number of aromatic nitrogens is 3. The Morgan fingerprint density at radius 1 is 1.54 bits per heavy atom. The molecule has 8 heteroatoms. The van der Waals surface area contributed by atoms with Crippen LogP contribution in [0.25, 0.3) is 0 Å². The Morgan fingerprint density at radius 3 is 3.17 bits per heavy atom. The summed E-state index contributed by atoms with van der Waals surface area (Å²) in [4.78, 5) is 18.4. The van der Waals surface area contributed by atoms with Gasteiger partial charge in [-0.15, -0.1) is 0 Å². The first-order chi connectivity index (χ1) is 11.7. The number of methoxy groups -OCH3 is 1. The lowest BCUT2D eigenvalue weighted by atomic mass is 10.2. The molecule has 8 nitrogen and oxygen atoms in total. The van der Waals surface area contributed by atoms with Crippen molar-refractivity contribution in [2.75, 3.05) is 13.7 Å². The van der Waals surface area contributed by atoms with Gasteiger partial charge in [0.2, 0.25) is 0 Å². The van der Waals surface area contributed by atoms with E-state index in [2.05, 4.69) is 15.4 Å². The first-order valence-electron chi connectivity index (χ1n) is 8.14. The molecule has 0 bridgehead atoms. The minimum Gasteiger partial charge on any atom is -0.461 e. The molecular formula is C16H23N5O3. The highest BCUT2D eigenvalue weighted by molar-refractivity contribution is 5.75. The summed E-state index contributed by atoms with van der Waals surface area (Å²) < 4.78 is 12.6. The van der Waals surface area contributed by atoms with Crippen LogP contribution in [0.1, 0.15) is 37.3 Å². The molecule has 0 spiro atoms. The molecule has 0 aliphatic carbocycles. The maximum atomic E-state index is 12.6. The van der Waals surface area contributed by atoms with E-state index in [1.807, 2.05) is 24.0 Å². The van der Waals surface area contributed by atoms with Gasteiger partial charge in [-0.3, -0.25) is 4.68 Å². The molecule has 2 unspecified atom stereocenters. The number of hydrogen-bond acceptors (Lipinski definition) is 5. The smallest absolute Gasteiger partial charge is 0.318 e. The van der Waals surface area contributed by atoms with Gasteiger partial charge >= 0.3 is 6.03 Å². The predicted molar refractivity (Wildman–Crippen MR) is 86.1 cm³/mol. The van der Waals surface area contributed by atoms with Gasteiger partial charge in [-0.25, -0.2) is 9.78 Å². The van der Waals surface area contributed by atoms with E-state index in [1.165, 1.54) is 6.33 Å². The van der Waals surface area contributed by atoms with Crippen LogP contribution in [0.15, 0.2) is 29.2 Å². The second kappa shape index (κ2) is 7.48. The van der Waals surface area contributed by atoms with Crippen LogP contribution < -0.4 is 5.32 Å². The van der Waals surface area contributed by atoms with Crippen molar-refractivity contribution < 1.29 is 13.9 Å². The number of likely N-dealkylation sites (tertiary alicyclic amines) is 1. The van der Waals surface area contributed by atoms with Crippen LogP contribution in [0.2, 0.25) is 0 Å². The number of urea groups is 1. The zero-order valence-corrected chi connectivity index (χ0v) is 14.0. The first-order valence-corrected chi connectivity index (χ1v) is 8.14. The Kier molecular flexibility index (Phi) is 5.14. The second-order valence-electron chi connectivity index (χ2n) is 6.06. The number of ether oxygens (including phenoxy) is 1. The van der Waals surface area contributed by atoms with Crippen molar-refractivity contribution >= 4 is 6.03 Å². The molecule has 2 aromatic rings. The van der Waals surface area contributed by atoms with E-state index in [1.54, 1.807) is 18.1 Å². The Balaban J connectivity index is 1.60. The number of furan rings is 1. The molecular weight excluding hydrogens is 310 g/mol. The Labute approximate surface area is 140 Å². The fraction of sp³-hybridized carbons (Fsp3) is 0.562. The average molecular weight is 333 g/mol. The summed E-state index contributed by atoms with van der Waals surface area (Å²) in [5.41, 5.74) is 0. The molecule has 2 aromatic heterocycles. The molecule has 1 fully saturated rings. The molecule has 0 aromatic carbocycles. The van der Waals surface area contributed by atoms with Gasteiger partial charge in [-0.2, -0.15) is 5.10 Å². The van der Waals surface area contributed by atoms with Crippen molar-refractivity contribution in [2.45, 2.75) is 45.0 Å². The Morgan fingerprint density at radius 2 is 2.42 bits per heavy atom. The number of carbonyl (C=O) groups is 1. The van der Waals surface area contributed by atoms with E-state index in [0.717, 1.165) is 30.9 Å². The van der Waals surface area contributed by atoms with Crippen molar-refractivity contribution in [3.05, 3.63) is 36.3 Å². The van der Waals surface area contributed by atoms with E-state index in [0.29, 0.717) is 13.2 Å². The minimum absolute atomic E-state index is 0.0193. The maximum absolute atomic E-state index is 12.6. The monoisotopic (exact) mass is 333 g/mol.